The van der Waals surface area contributed by atoms with Crippen molar-refractivity contribution in [2.75, 3.05) is 0 Å². The molecule has 0 nitrogen and oxygen atoms in total. The van der Waals surface area contributed by atoms with E-state index in [2.05, 4.69) is 11.8 Å². The van der Waals surface area contributed by atoms with Crippen LogP contribution in [0, 0.1) is 24.7 Å². The molecule has 0 saturated heterocycles. The fourth-order valence-corrected chi connectivity index (χ4v) is 1.04. The van der Waals surface area contributed by atoms with Gasteiger partial charge in [0.1, 0.15) is 0 Å². The summed E-state index contributed by atoms with van der Waals surface area (Å²) in [6, 6.07) is 18.7. The average Bonchev–Trinajstić information content (AvgIpc) is 2.41. The van der Waals surface area contributed by atoms with E-state index in [1.54, 1.807) is 0 Å². The van der Waals surface area contributed by atoms with Crippen molar-refractivity contribution in [3.63, 3.8) is 0 Å². The normalized spacial score (nSPS) is 7.41. The molecule has 0 aliphatic heterocycles. The first-order valence-electron chi connectivity index (χ1n) is 4.82. The molecule has 0 aliphatic rings. The molecular weight excluding hydrogens is 330 g/mol. The molecule has 17 heavy (non-hydrogen) atoms. The van der Waals surface area contributed by atoms with Crippen molar-refractivity contribution in [1.82, 2.24) is 0 Å². The van der Waals surface area contributed by atoms with Crippen LogP contribution in [0.15, 0.2) is 60.7 Å². The zero-order valence-corrected chi connectivity index (χ0v) is 13.9. The summed E-state index contributed by atoms with van der Waals surface area (Å²) < 4.78 is 0. The molecule has 0 unspecified atom stereocenters. The minimum absolute atomic E-state index is 0. The van der Waals surface area contributed by atoms with Crippen LogP contribution in [0.3, 0.4) is 0 Å². The molecule has 0 aromatic heterocycles. The smallest absolute Gasteiger partial charge is 0.366 e. The Hall–Kier alpha value is -0.869. The molecule has 0 N–H and O–H groups in total. The first-order valence-corrected chi connectivity index (χ1v) is 4.82. The van der Waals surface area contributed by atoms with Crippen LogP contribution in [0.5, 0.6) is 0 Å². The molecule has 1 heteroatoms. The maximum Gasteiger partial charge on any atom is 2.00 e. The number of benzene rings is 2. The Morgan fingerprint density at radius 1 is 0.588 bits per heavy atom. The Balaban J connectivity index is 0.000000284. The summed E-state index contributed by atoms with van der Waals surface area (Å²) in [4.78, 5) is 0. The van der Waals surface area contributed by atoms with Crippen LogP contribution in [0.2, 0.25) is 0 Å². The van der Waals surface area contributed by atoms with E-state index >= 15 is 0 Å². The maximum absolute atomic E-state index is 6.69. The molecule has 0 atom stereocenters. The molecule has 0 heterocycles. The van der Waals surface area contributed by atoms with Crippen LogP contribution >= 0.6 is 0 Å². The van der Waals surface area contributed by atoms with Gasteiger partial charge < -0.3 is 12.8 Å². The third kappa shape index (κ3) is 7.13. The summed E-state index contributed by atoms with van der Waals surface area (Å²) in [7, 11) is 0. The standard InChI is InChI=1S/2C8H5.Ba/c2*1-2-8-6-4-3-5-7-8;/h2*3-7H;/q2*-1;+2. The minimum Gasteiger partial charge on any atom is -0.366 e. The van der Waals surface area contributed by atoms with Gasteiger partial charge in [0, 0.05) is 0 Å². The predicted octanol–water partition coefficient (Wildman–Crippen LogP) is 2.87. The molecule has 76 valence electrons. The first kappa shape index (κ1) is 16.1. The zero-order chi connectivity index (χ0) is 11.6. The van der Waals surface area contributed by atoms with E-state index in [1.807, 2.05) is 60.7 Å². The fraction of sp³-hybridized carbons (Fsp3) is 0. The molecule has 0 spiro atoms. The molecule has 0 fully saturated rings. The summed E-state index contributed by atoms with van der Waals surface area (Å²) in [6.45, 7) is 0. The van der Waals surface area contributed by atoms with E-state index in [0.29, 0.717) is 0 Å². The SMILES string of the molecule is [Ba+2].[C-]#Cc1ccccc1.[C-]#Cc1ccccc1. The van der Waals surface area contributed by atoms with Gasteiger partial charge in [-0.15, -0.1) is 35.4 Å². The Morgan fingerprint density at radius 3 is 1.06 bits per heavy atom. The van der Waals surface area contributed by atoms with Gasteiger partial charge in [-0.3, -0.25) is 11.8 Å². The summed E-state index contributed by atoms with van der Waals surface area (Å²) in [6.07, 6.45) is 13.4. The van der Waals surface area contributed by atoms with E-state index in [0.717, 1.165) is 11.1 Å². The summed E-state index contributed by atoms with van der Waals surface area (Å²) in [5.41, 5.74) is 1.65. The second kappa shape index (κ2) is 10.3. The molecule has 0 radical (unpaired) electrons. The molecular formula is C16H10Ba. The Labute approximate surface area is 144 Å². The van der Waals surface area contributed by atoms with Gasteiger partial charge in [-0.1, -0.05) is 36.4 Å². The quantitative estimate of drug-likeness (QED) is 0.393. The van der Waals surface area contributed by atoms with Gasteiger partial charge in [0.05, 0.1) is 0 Å². The van der Waals surface area contributed by atoms with E-state index < -0.39 is 0 Å². The maximum atomic E-state index is 6.69. The van der Waals surface area contributed by atoms with E-state index in [4.69, 9.17) is 12.8 Å². The van der Waals surface area contributed by atoms with Crippen molar-refractivity contribution >= 4 is 48.9 Å². The molecule has 0 bridgehead atoms. The Morgan fingerprint density at radius 2 is 0.882 bits per heavy atom. The molecule has 0 saturated carbocycles. The van der Waals surface area contributed by atoms with E-state index in [-0.39, 0.29) is 48.9 Å². The van der Waals surface area contributed by atoms with Crippen molar-refractivity contribution in [3.8, 4) is 11.8 Å². The average molecular weight is 340 g/mol. The van der Waals surface area contributed by atoms with Crippen molar-refractivity contribution in [3.05, 3.63) is 84.6 Å². The topological polar surface area (TPSA) is 0 Å². The van der Waals surface area contributed by atoms with Crippen LogP contribution in [0.25, 0.3) is 0 Å². The van der Waals surface area contributed by atoms with E-state index in [9.17, 15) is 0 Å². The number of hydrogen-bond donors (Lipinski definition) is 0. The van der Waals surface area contributed by atoms with Gasteiger partial charge in [0.15, 0.2) is 0 Å². The summed E-state index contributed by atoms with van der Waals surface area (Å²) in [5, 5.41) is 0. The molecule has 2 aromatic carbocycles. The number of hydrogen-bond acceptors (Lipinski definition) is 0. The summed E-state index contributed by atoms with van der Waals surface area (Å²) >= 11 is 0. The van der Waals surface area contributed by atoms with Gasteiger partial charge in [-0.25, -0.2) is 0 Å². The van der Waals surface area contributed by atoms with E-state index in [1.165, 1.54) is 0 Å². The molecule has 0 aliphatic carbocycles. The minimum atomic E-state index is 0. The fourth-order valence-electron chi connectivity index (χ4n) is 1.04. The van der Waals surface area contributed by atoms with Gasteiger partial charge in [-0.2, -0.15) is 0 Å². The van der Waals surface area contributed by atoms with Crippen molar-refractivity contribution < 1.29 is 0 Å². The van der Waals surface area contributed by atoms with Gasteiger partial charge >= 0.3 is 48.9 Å². The first-order chi connectivity index (χ1) is 7.86. The van der Waals surface area contributed by atoms with Gasteiger partial charge in [0.2, 0.25) is 0 Å². The summed E-state index contributed by atoms with van der Waals surface area (Å²) in [5.74, 6) is 4.55. The number of rotatable bonds is 0. The van der Waals surface area contributed by atoms with Crippen LogP contribution in [-0.2, 0) is 0 Å². The van der Waals surface area contributed by atoms with Crippen molar-refractivity contribution in [2.24, 2.45) is 0 Å². The molecule has 2 rings (SSSR count). The van der Waals surface area contributed by atoms with Crippen LogP contribution < -0.4 is 0 Å². The van der Waals surface area contributed by atoms with Crippen LogP contribution in [0.1, 0.15) is 11.1 Å². The van der Waals surface area contributed by atoms with Gasteiger partial charge in [-0.05, 0) is 0 Å². The monoisotopic (exact) mass is 340 g/mol. The molecule has 0 amide bonds. The second-order valence-corrected chi connectivity index (χ2v) is 2.98. The predicted molar refractivity (Wildman–Crippen MR) is 71.1 cm³/mol. The van der Waals surface area contributed by atoms with Crippen LogP contribution in [0.4, 0.5) is 0 Å². The zero-order valence-electron chi connectivity index (χ0n) is 9.48. The third-order valence-corrected chi connectivity index (χ3v) is 1.84. The second-order valence-electron chi connectivity index (χ2n) is 2.98. The largest absolute Gasteiger partial charge is 2.00 e. The van der Waals surface area contributed by atoms with Crippen molar-refractivity contribution in [1.29, 1.82) is 0 Å². The van der Waals surface area contributed by atoms with Gasteiger partial charge in [0.25, 0.3) is 0 Å². The Bertz CT molecular complexity index is 437. The van der Waals surface area contributed by atoms with Crippen molar-refractivity contribution in [2.45, 2.75) is 0 Å². The van der Waals surface area contributed by atoms with Crippen LogP contribution in [-0.4, -0.2) is 48.9 Å². The molecule has 2 aromatic rings. The third-order valence-electron chi connectivity index (χ3n) is 1.84. The Kier molecular flexibility index (Phi) is 9.77.